The Morgan fingerprint density at radius 3 is 2.35 bits per heavy atom. The topological polar surface area (TPSA) is 0 Å². The highest BCUT2D eigenvalue weighted by molar-refractivity contribution is 7.99. The maximum Gasteiger partial charge on any atom is 0.0598 e. The summed E-state index contributed by atoms with van der Waals surface area (Å²) < 4.78 is 0. The summed E-state index contributed by atoms with van der Waals surface area (Å²) in [6.45, 7) is 0. The van der Waals surface area contributed by atoms with Gasteiger partial charge in [0.25, 0.3) is 0 Å². The van der Waals surface area contributed by atoms with Crippen LogP contribution in [0.3, 0.4) is 0 Å². The molecule has 1 heteroatoms. The van der Waals surface area contributed by atoms with E-state index in [-0.39, 0.29) is 0 Å². The molecule has 0 radical (unpaired) electrons. The number of hydrogen-bond donors (Lipinski definition) is 0. The van der Waals surface area contributed by atoms with Crippen molar-refractivity contribution in [2.45, 2.75) is 4.90 Å². The van der Waals surface area contributed by atoms with Gasteiger partial charge >= 0.3 is 0 Å². The lowest BCUT2D eigenvalue weighted by Crippen LogP contribution is -1.77. The number of fused-ring (bicyclic) bond motifs is 1. The van der Waals surface area contributed by atoms with E-state index in [9.17, 15) is 0 Å². The van der Waals surface area contributed by atoms with Gasteiger partial charge in [0.1, 0.15) is 0 Å². The van der Waals surface area contributed by atoms with Gasteiger partial charge in [-0.2, -0.15) is 0 Å². The van der Waals surface area contributed by atoms with Gasteiger partial charge in [-0.1, -0.05) is 60.4 Å². The zero-order valence-corrected chi connectivity index (χ0v) is 11.9. The van der Waals surface area contributed by atoms with Gasteiger partial charge in [-0.25, -0.2) is 0 Å². The highest BCUT2D eigenvalue weighted by atomic mass is 32.2. The van der Waals surface area contributed by atoms with Crippen LogP contribution in [0.5, 0.6) is 0 Å². The van der Waals surface area contributed by atoms with Crippen LogP contribution in [0.25, 0.3) is 10.8 Å². The zero-order chi connectivity index (χ0) is 13.6. The summed E-state index contributed by atoms with van der Waals surface area (Å²) >= 11 is 1.78. The second kappa shape index (κ2) is 6.32. The van der Waals surface area contributed by atoms with E-state index in [1.807, 2.05) is 30.3 Å². The minimum atomic E-state index is 0.813. The smallest absolute Gasteiger partial charge is 0.0598 e. The zero-order valence-electron chi connectivity index (χ0n) is 11.0. The SMILES string of the molecule is C(#Cc1ccccc1)CSc1ccc2ccccc2c1. The van der Waals surface area contributed by atoms with Crippen LogP contribution >= 0.6 is 11.8 Å². The first-order valence-corrected chi connectivity index (χ1v) is 7.56. The van der Waals surface area contributed by atoms with E-state index >= 15 is 0 Å². The van der Waals surface area contributed by atoms with Crippen LogP contribution in [0.1, 0.15) is 5.56 Å². The molecule has 0 atom stereocenters. The van der Waals surface area contributed by atoms with Crippen LogP contribution in [0.4, 0.5) is 0 Å². The Bertz CT molecular complexity index is 764. The monoisotopic (exact) mass is 274 g/mol. The van der Waals surface area contributed by atoms with Gasteiger partial charge in [-0.3, -0.25) is 0 Å². The molecule has 0 N–H and O–H groups in total. The van der Waals surface area contributed by atoms with E-state index in [2.05, 4.69) is 54.3 Å². The summed E-state index contributed by atoms with van der Waals surface area (Å²) in [5.74, 6) is 7.21. The van der Waals surface area contributed by atoms with Crippen LogP contribution in [0, 0.1) is 11.8 Å². The fourth-order valence-electron chi connectivity index (χ4n) is 2.04. The highest BCUT2D eigenvalue weighted by Gasteiger charge is 1.95. The lowest BCUT2D eigenvalue weighted by Gasteiger charge is -2.01. The first-order chi connectivity index (χ1) is 9.92. The van der Waals surface area contributed by atoms with Gasteiger partial charge in [-0.05, 0) is 35.0 Å². The summed E-state index contributed by atoms with van der Waals surface area (Å²) in [5, 5.41) is 2.57. The third-order valence-electron chi connectivity index (χ3n) is 3.04. The average Bonchev–Trinajstić information content (AvgIpc) is 2.52. The van der Waals surface area contributed by atoms with Crippen molar-refractivity contribution in [1.29, 1.82) is 0 Å². The van der Waals surface area contributed by atoms with Crippen molar-refractivity contribution < 1.29 is 0 Å². The van der Waals surface area contributed by atoms with E-state index in [0.29, 0.717) is 0 Å². The molecule has 96 valence electrons. The predicted molar refractivity (Wildman–Crippen MR) is 88.0 cm³/mol. The molecule has 0 aliphatic carbocycles. The summed E-state index contributed by atoms with van der Waals surface area (Å²) in [4.78, 5) is 1.27. The van der Waals surface area contributed by atoms with E-state index in [1.54, 1.807) is 11.8 Å². The maximum absolute atomic E-state index is 3.21. The summed E-state index contributed by atoms with van der Waals surface area (Å²) in [7, 11) is 0. The number of rotatable bonds is 2. The third-order valence-corrected chi connectivity index (χ3v) is 3.91. The van der Waals surface area contributed by atoms with Crippen molar-refractivity contribution in [3.63, 3.8) is 0 Å². The van der Waals surface area contributed by atoms with Gasteiger partial charge in [0.05, 0.1) is 5.75 Å². The second-order valence-electron chi connectivity index (χ2n) is 4.47. The molecule has 0 bridgehead atoms. The molecule has 0 nitrogen and oxygen atoms in total. The molecule has 3 rings (SSSR count). The molecule has 0 saturated heterocycles. The van der Waals surface area contributed by atoms with Crippen molar-refractivity contribution in [3.05, 3.63) is 78.4 Å². The Kier molecular flexibility index (Phi) is 4.06. The minimum Gasteiger partial charge on any atom is -0.113 e. The summed E-state index contributed by atoms with van der Waals surface area (Å²) in [5.41, 5.74) is 1.08. The molecule has 0 saturated carbocycles. The van der Waals surface area contributed by atoms with Gasteiger partial charge in [0.2, 0.25) is 0 Å². The van der Waals surface area contributed by atoms with E-state index in [4.69, 9.17) is 0 Å². The van der Waals surface area contributed by atoms with Gasteiger partial charge < -0.3 is 0 Å². The van der Waals surface area contributed by atoms with Gasteiger partial charge in [-0.15, -0.1) is 11.8 Å². The lowest BCUT2D eigenvalue weighted by molar-refractivity contribution is 1.51. The fraction of sp³-hybridized carbons (Fsp3) is 0.0526. The Morgan fingerprint density at radius 2 is 1.50 bits per heavy atom. The first kappa shape index (κ1) is 12.8. The molecule has 0 heterocycles. The molecule has 20 heavy (non-hydrogen) atoms. The fourth-order valence-corrected chi connectivity index (χ4v) is 2.72. The quantitative estimate of drug-likeness (QED) is 0.469. The first-order valence-electron chi connectivity index (χ1n) is 6.57. The van der Waals surface area contributed by atoms with Gasteiger partial charge in [0.15, 0.2) is 0 Å². The molecule has 0 spiro atoms. The molecule has 0 amide bonds. The molecular weight excluding hydrogens is 260 g/mol. The maximum atomic E-state index is 3.21. The Labute approximate surface area is 123 Å². The molecular formula is C19H14S. The van der Waals surface area contributed by atoms with E-state index in [1.165, 1.54) is 15.7 Å². The van der Waals surface area contributed by atoms with Crippen molar-refractivity contribution in [2.75, 3.05) is 5.75 Å². The van der Waals surface area contributed by atoms with Crippen molar-refractivity contribution in [3.8, 4) is 11.8 Å². The Hall–Kier alpha value is -2.17. The van der Waals surface area contributed by atoms with Crippen LogP contribution in [0.2, 0.25) is 0 Å². The van der Waals surface area contributed by atoms with E-state index in [0.717, 1.165) is 11.3 Å². The molecule has 3 aromatic carbocycles. The van der Waals surface area contributed by atoms with E-state index < -0.39 is 0 Å². The second-order valence-corrected chi connectivity index (χ2v) is 5.51. The number of hydrogen-bond acceptors (Lipinski definition) is 1. The Morgan fingerprint density at radius 1 is 0.750 bits per heavy atom. The minimum absolute atomic E-state index is 0.813. The normalized spacial score (nSPS) is 10.0. The third kappa shape index (κ3) is 3.23. The summed E-state index contributed by atoms with van der Waals surface area (Å²) in [6.07, 6.45) is 0. The molecule has 0 aliphatic rings. The van der Waals surface area contributed by atoms with Crippen LogP contribution in [-0.4, -0.2) is 5.75 Å². The van der Waals surface area contributed by atoms with Gasteiger partial charge in [0, 0.05) is 10.5 Å². The molecule has 3 aromatic rings. The number of benzene rings is 3. The Balaban J connectivity index is 1.67. The van der Waals surface area contributed by atoms with Crippen molar-refractivity contribution in [2.24, 2.45) is 0 Å². The summed E-state index contributed by atoms with van der Waals surface area (Å²) in [6, 6.07) is 25.1. The van der Waals surface area contributed by atoms with Crippen LogP contribution in [0.15, 0.2) is 77.7 Å². The average molecular weight is 274 g/mol. The van der Waals surface area contributed by atoms with Crippen molar-refractivity contribution >= 4 is 22.5 Å². The standard InChI is InChI=1S/C19H14S/c1-2-7-16(8-3-1)9-6-14-20-19-13-12-17-10-4-5-11-18(17)15-19/h1-5,7-8,10-13,15H,14H2. The highest BCUT2D eigenvalue weighted by Crippen LogP contribution is 2.23. The van der Waals surface area contributed by atoms with Crippen LogP contribution in [-0.2, 0) is 0 Å². The largest absolute Gasteiger partial charge is 0.113 e. The molecule has 0 fully saturated rings. The molecule has 0 aliphatic heterocycles. The van der Waals surface area contributed by atoms with Crippen LogP contribution < -0.4 is 0 Å². The number of thioether (sulfide) groups is 1. The molecule has 0 aromatic heterocycles. The molecule has 0 unspecified atom stereocenters. The lowest BCUT2D eigenvalue weighted by atomic mass is 10.1. The van der Waals surface area contributed by atoms with Crippen molar-refractivity contribution in [1.82, 2.24) is 0 Å². The predicted octanol–water partition coefficient (Wildman–Crippen LogP) is 4.98.